The molecule has 312 valence electrons. The minimum Gasteiger partial charge on any atom is -0.490 e. The second-order valence-electron chi connectivity index (χ2n) is 17.8. The summed E-state index contributed by atoms with van der Waals surface area (Å²) in [5.74, 6) is 2.92. The Labute approximate surface area is 346 Å². The summed E-state index contributed by atoms with van der Waals surface area (Å²) < 4.78 is 18.0. The van der Waals surface area contributed by atoms with E-state index in [1.807, 2.05) is 6.92 Å². The quantitative estimate of drug-likeness (QED) is 0.150. The van der Waals surface area contributed by atoms with Gasteiger partial charge in [0.25, 0.3) is 0 Å². The van der Waals surface area contributed by atoms with Gasteiger partial charge >= 0.3 is 11.9 Å². The summed E-state index contributed by atoms with van der Waals surface area (Å²) >= 11 is 0. The molecule has 2 saturated carbocycles. The number of hydrogen-bond acceptors (Lipinski definition) is 7. The molecule has 0 unspecified atom stereocenters. The molecule has 0 bridgehead atoms. The number of ether oxygens (including phenoxy) is 3. The van der Waals surface area contributed by atoms with Crippen molar-refractivity contribution in [1.82, 2.24) is 9.80 Å². The average Bonchev–Trinajstić information content (AvgIpc) is 3.23. The van der Waals surface area contributed by atoms with Crippen LogP contribution in [0.25, 0.3) is 21.5 Å². The fraction of sp³-hybridized carbons (Fsp3) is 0.560. The van der Waals surface area contributed by atoms with E-state index in [0.717, 1.165) is 114 Å². The average molecular weight is 791 g/mol. The molecule has 4 aromatic carbocycles. The number of carbonyl (C=O) groups excluding carboxylic acids is 1. The Hall–Kier alpha value is -4.14. The summed E-state index contributed by atoms with van der Waals surface area (Å²) in [4.78, 5) is 27.9. The molecule has 4 fully saturated rings. The van der Waals surface area contributed by atoms with Gasteiger partial charge in [-0.05, 0) is 168 Å². The number of esters is 1. The van der Waals surface area contributed by atoms with Gasteiger partial charge in [-0.25, -0.2) is 0 Å². The van der Waals surface area contributed by atoms with Crippen LogP contribution >= 0.6 is 0 Å². The number of carbonyl (C=O) groups is 2. The smallest absolute Gasteiger partial charge is 0.309 e. The van der Waals surface area contributed by atoms with Crippen molar-refractivity contribution in [2.45, 2.75) is 123 Å². The molecule has 0 atom stereocenters. The van der Waals surface area contributed by atoms with Crippen LogP contribution in [-0.2, 0) is 27.4 Å². The summed E-state index contributed by atoms with van der Waals surface area (Å²) in [6.07, 6.45) is 13.7. The number of piperidine rings is 2. The first-order valence-corrected chi connectivity index (χ1v) is 22.4. The Balaban J connectivity index is 0.000000177. The number of benzene rings is 4. The number of likely N-dealkylation sites (tertiary alicyclic amines) is 2. The molecular formula is C50H66N2O6. The third-order valence-electron chi connectivity index (χ3n) is 13.3. The van der Waals surface area contributed by atoms with E-state index in [0.29, 0.717) is 18.8 Å². The molecule has 58 heavy (non-hydrogen) atoms. The van der Waals surface area contributed by atoms with Gasteiger partial charge in [0.15, 0.2) is 0 Å². The molecule has 2 aliphatic carbocycles. The topological polar surface area (TPSA) is 88.5 Å². The molecule has 0 radical (unpaired) electrons. The molecule has 1 N–H and O–H groups in total. The zero-order valence-electron chi connectivity index (χ0n) is 35.2. The van der Waals surface area contributed by atoms with E-state index in [-0.39, 0.29) is 17.8 Å². The Kier molecular flexibility index (Phi) is 14.6. The first kappa shape index (κ1) is 42.0. The van der Waals surface area contributed by atoms with Gasteiger partial charge in [-0.3, -0.25) is 19.4 Å². The molecule has 2 aliphatic heterocycles. The van der Waals surface area contributed by atoms with Crippen molar-refractivity contribution >= 4 is 33.5 Å². The van der Waals surface area contributed by atoms with Crippen LogP contribution in [0.15, 0.2) is 72.8 Å². The molecular weight excluding hydrogens is 725 g/mol. The number of carboxylic acids is 1. The molecule has 0 spiro atoms. The van der Waals surface area contributed by atoms with Gasteiger partial charge in [0, 0.05) is 23.9 Å². The van der Waals surface area contributed by atoms with Crippen molar-refractivity contribution in [2.24, 2.45) is 23.7 Å². The van der Waals surface area contributed by atoms with E-state index < -0.39 is 5.97 Å². The Morgan fingerprint density at radius 1 is 0.586 bits per heavy atom. The van der Waals surface area contributed by atoms with E-state index in [2.05, 4.69) is 96.4 Å². The van der Waals surface area contributed by atoms with E-state index in [4.69, 9.17) is 19.3 Å². The lowest BCUT2D eigenvalue weighted by Gasteiger charge is -2.31. The summed E-state index contributed by atoms with van der Waals surface area (Å²) in [7, 11) is 0. The largest absolute Gasteiger partial charge is 0.490 e. The monoisotopic (exact) mass is 790 g/mol. The van der Waals surface area contributed by atoms with Gasteiger partial charge in [0.05, 0.1) is 30.7 Å². The number of aliphatic carboxylic acids is 1. The molecule has 8 heteroatoms. The minimum atomic E-state index is -0.648. The highest BCUT2D eigenvalue weighted by molar-refractivity contribution is 5.89. The van der Waals surface area contributed by atoms with Crippen molar-refractivity contribution in [2.75, 3.05) is 32.8 Å². The van der Waals surface area contributed by atoms with E-state index >= 15 is 0 Å². The number of rotatable bonds is 11. The third-order valence-corrected chi connectivity index (χ3v) is 13.3. The molecule has 2 saturated heterocycles. The fourth-order valence-corrected chi connectivity index (χ4v) is 9.50. The highest BCUT2D eigenvalue weighted by Gasteiger charge is 2.27. The molecule has 0 amide bonds. The Morgan fingerprint density at radius 2 is 1.02 bits per heavy atom. The van der Waals surface area contributed by atoms with Crippen molar-refractivity contribution < 1.29 is 28.9 Å². The zero-order chi connectivity index (χ0) is 40.4. The predicted octanol–water partition coefficient (Wildman–Crippen LogP) is 10.7. The number of carboxylic acid groups (broad SMARTS) is 1. The van der Waals surface area contributed by atoms with Gasteiger partial charge in [0.1, 0.15) is 11.5 Å². The lowest BCUT2D eigenvalue weighted by atomic mass is 9.89. The molecule has 2 heterocycles. The highest BCUT2D eigenvalue weighted by Crippen LogP contribution is 2.34. The van der Waals surface area contributed by atoms with Crippen molar-refractivity contribution in [1.29, 1.82) is 0 Å². The van der Waals surface area contributed by atoms with Crippen LogP contribution < -0.4 is 9.47 Å². The van der Waals surface area contributed by atoms with Gasteiger partial charge < -0.3 is 19.3 Å². The van der Waals surface area contributed by atoms with Crippen molar-refractivity contribution in [3.63, 3.8) is 0 Å². The zero-order valence-corrected chi connectivity index (χ0v) is 35.2. The van der Waals surface area contributed by atoms with Crippen LogP contribution in [-0.4, -0.2) is 71.8 Å². The SMILES string of the molecule is CC1CCC(Oc2cccc3cc(CN4CCC(C(=O)O)CC4)ccc23)CC1.CCOC(=O)C1CCN(Cc2ccc3c(OC4CCC(C)CC4)cccc3c2)CC1. The third kappa shape index (κ3) is 11.3. The van der Waals surface area contributed by atoms with Gasteiger partial charge in [-0.15, -0.1) is 0 Å². The van der Waals surface area contributed by atoms with E-state index in [9.17, 15) is 9.59 Å². The normalized spacial score (nSPS) is 23.8. The standard InChI is InChI=1S/C26H35NO3.C24H31NO3/c1-3-29-26(28)21-13-15-27(16-14-21)18-20-9-12-24-22(17-20)5-4-6-25(24)30-23-10-7-19(2)8-11-23;1-17-5-8-21(9-6-17)28-23-4-2-3-20-15-18(7-10-22(20)23)16-25-13-11-19(12-14-25)24(26)27/h4-6,9,12,17,19,21,23H,3,7-8,10-11,13-16,18H2,1-2H3;2-4,7,10,15,17,19,21H,5-6,8-9,11-14,16H2,1H3,(H,26,27). The molecule has 8 nitrogen and oxygen atoms in total. The summed E-state index contributed by atoms with van der Waals surface area (Å²) in [6, 6.07) is 26.1. The maximum Gasteiger partial charge on any atom is 0.309 e. The lowest BCUT2D eigenvalue weighted by Crippen LogP contribution is -2.36. The number of fused-ring (bicyclic) bond motifs is 2. The first-order valence-electron chi connectivity index (χ1n) is 22.4. The molecule has 8 rings (SSSR count). The number of nitrogens with zero attached hydrogens (tertiary/aromatic N) is 2. The van der Waals surface area contributed by atoms with Crippen LogP contribution in [0, 0.1) is 23.7 Å². The van der Waals surface area contributed by atoms with Crippen LogP contribution in [0.4, 0.5) is 0 Å². The van der Waals surface area contributed by atoms with E-state index in [1.54, 1.807) is 0 Å². The summed E-state index contributed by atoms with van der Waals surface area (Å²) in [6.45, 7) is 12.5. The molecule has 4 aromatic rings. The van der Waals surface area contributed by atoms with Gasteiger partial charge in [-0.1, -0.05) is 62.4 Å². The van der Waals surface area contributed by atoms with Crippen LogP contribution in [0.5, 0.6) is 11.5 Å². The molecule has 0 aromatic heterocycles. The second kappa shape index (κ2) is 20.2. The lowest BCUT2D eigenvalue weighted by molar-refractivity contribution is -0.149. The first-order chi connectivity index (χ1) is 28.2. The van der Waals surface area contributed by atoms with Crippen molar-refractivity contribution in [3.8, 4) is 11.5 Å². The van der Waals surface area contributed by atoms with E-state index in [1.165, 1.54) is 58.4 Å². The summed E-state index contributed by atoms with van der Waals surface area (Å²) in [5, 5.41) is 14.0. The molecule has 4 aliphatic rings. The highest BCUT2D eigenvalue weighted by atomic mass is 16.5. The minimum absolute atomic E-state index is 0.0252. The van der Waals surface area contributed by atoms with Gasteiger partial charge in [0.2, 0.25) is 0 Å². The van der Waals surface area contributed by atoms with Crippen LogP contribution in [0.2, 0.25) is 0 Å². The fourth-order valence-electron chi connectivity index (χ4n) is 9.50. The van der Waals surface area contributed by atoms with Crippen LogP contribution in [0.1, 0.15) is 109 Å². The maximum absolute atomic E-state index is 11.9. The predicted molar refractivity (Wildman–Crippen MR) is 232 cm³/mol. The van der Waals surface area contributed by atoms with Crippen LogP contribution in [0.3, 0.4) is 0 Å². The Morgan fingerprint density at radius 3 is 1.43 bits per heavy atom. The summed E-state index contributed by atoms with van der Waals surface area (Å²) in [5.41, 5.74) is 2.60. The van der Waals surface area contributed by atoms with Crippen molar-refractivity contribution in [3.05, 3.63) is 83.9 Å². The number of hydrogen-bond donors (Lipinski definition) is 1. The maximum atomic E-state index is 11.9. The second-order valence-corrected chi connectivity index (χ2v) is 17.8. The van der Waals surface area contributed by atoms with Gasteiger partial charge in [-0.2, -0.15) is 0 Å². The Bertz CT molecular complexity index is 1950.